The Morgan fingerprint density at radius 2 is 0.494 bits per heavy atom. The van der Waals surface area contributed by atoms with Crippen LogP contribution in [-0.4, -0.2) is 37.2 Å². The van der Waals surface area contributed by atoms with E-state index in [-0.39, 0.29) is 31.1 Å². The van der Waals surface area contributed by atoms with E-state index in [4.69, 9.17) is 14.2 Å². The average molecular weight is 1100 g/mol. The van der Waals surface area contributed by atoms with E-state index in [0.717, 1.165) is 128 Å². The number of ether oxygens (including phenoxy) is 3. The Morgan fingerprint density at radius 3 is 0.785 bits per heavy atom. The van der Waals surface area contributed by atoms with Crippen molar-refractivity contribution in [2.45, 2.75) is 309 Å². The van der Waals surface area contributed by atoms with Crippen LogP contribution >= 0.6 is 0 Å². The Balaban J connectivity index is 4.33. The molecule has 6 heteroatoms. The third kappa shape index (κ3) is 64.5. The molecular weight excluding hydrogens is 973 g/mol. The number of allylic oxidation sites excluding steroid dienone is 20. The molecule has 0 bridgehead atoms. The van der Waals surface area contributed by atoms with Gasteiger partial charge in [0.1, 0.15) is 13.2 Å². The summed E-state index contributed by atoms with van der Waals surface area (Å²) in [6.45, 7) is 6.40. The second kappa shape index (κ2) is 66.3. The molecule has 0 spiro atoms. The molecule has 0 aliphatic heterocycles. The van der Waals surface area contributed by atoms with Crippen LogP contribution in [0.5, 0.6) is 0 Å². The fourth-order valence-electron chi connectivity index (χ4n) is 9.04. The smallest absolute Gasteiger partial charge is 0.306 e. The summed E-state index contributed by atoms with van der Waals surface area (Å²) >= 11 is 0. The molecule has 0 N–H and O–H groups in total. The third-order valence-electron chi connectivity index (χ3n) is 13.9. The van der Waals surface area contributed by atoms with Crippen molar-refractivity contribution in [3.8, 4) is 0 Å². The van der Waals surface area contributed by atoms with Gasteiger partial charge in [0.15, 0.2) is 6.10 Å². The van der Waals surface area contributed by atoms with Gasteiger partial charge in [0.2, 0.25) is 0 Å². The van der Waals surface area contributed by atoms with Gasteiger partial charge in [-0.15, -0.1) is 0 Å². The Hall–Kier alpha value is -4.19. The molecule has 0 aliphatic carbocycles. The number of carbonyl (C=O) groups excluding carboxylic acids is 3. The monoisotopic (exact) mass is 1090 g/mol. The molecule has 0 fully saturated rings. The summed E-state index contributed by atoms with van der Waals surface area (Å²) in [5.41, 5.74) is 0. The predicted octanol–water partition coefficient (Wildman–Crippen LogP) is 22.8. The second-order valence-corrected chi connectivity index (χ2v) is 21.6. The molecule has 1 unspecified atom stereocenters. The summed E-state index contributed by atoms with van der Waals surface area (Å²) in [4.78, 5) is 38.4. The van der Waals surface area contributed by atoms with Crippen molar-refractivity contribution in [2.24, 2.45) is 0 Å². The lowest BCUT2D eigenvalue weighted by atomic mass is 10.0. The molecule has 0 heterocycles. The normalized spacial score (nSPS) is 12.9. The Morgan fingerprint density at radius 1 is 0.266 bits per heavy atom. The van der Waals surface area contributed by atoms with Crippen LogP contribution in [0.25, 0.3) is 0 Å². The molecule has 6 nitrogen and oxygen atoms in total. The van der Waals surface area contributed by atoms with Crippen molar-refractivity contribution in [3.63, 3.8) is 0 Å². The van der Waals surface area contributed by atoms with Crippen LogP contribution in [0.2, 0.25) is 0 Å². The number of hydrogen-bond acceptors (Lipinski definition) is 6. The van der Waals surface area contributed by atoms with E-state index >= 15 is 0 Å². The highest BCUT2D eigenvalue weighted by Gasteiger charge is 2.19. The minimum absolute atomic E-state index is 0.0866. The standard InChI is InChI=1S/C73H122O6/c1-4-7-10-13-16-19-22-25-27-29-31-33-34-35-36-37-38-40-41-43-45-48-51-54-57-60-63-66-72(75)78-69-70(68-77-71(74)65-62-59-56-53-50-47-24-21-18-15-12-9-6-3)79-73(76)67-64-61-58-55-52-49-46-44-42-39-32-30-28-26-23-20-17-14-11-8-5-2/h7-8,10-11,16-17,19-21,24-28,31-33,35-36,39,70H,4-6,9,12-15,18,22-23,29-30,34,37-38,40-69H2,1-3H3/b10-7-,11-8-,19-16-,20-17-,24-21-,27-25-,28-26-,33-31-,36-35-,39-32-. The maximum absolute atomic E-state index is 12.9. The van der Waals surface area contributed by atoms with Crippen molar-refractivity contribution in [1.29, 1.82) is 0 Å². The minimum atomic E-state index is -0.791. The lowest BCUT2D eigenvalue weighted by Crippen LogP contribution is -2.30. The Bertz CT molecular complexity index is 1640. The fourth-order valence-corrected chi connectivity index (χ4v) is 9.04. The average Bonchev–Trinajstić information content (AvgIpc) is 3.45. The van der Waals surface area contributed by atoms with Crippen molar-refractivity contribution < 1.29 is 28.6 Å². The first-order valence-corrected chi connectivity index (χ1v) is 33.0. The highest BCUT2D eigenvalue weighted by atomic mass is 16.6. The van der Waals surface area contributed by atoms with Crippen LogP contribution in [0.4, 0.5) is 0 Å². The molecule has 0 saturated carbocycles. The zero-order valence-corrected chi connectivity index (χ0v) is 51.6. The van der Waals surface area contributed by atoms with Crippen LogP contribution in [0.15, 0.2) is 122 Å². The molecule has 0 aromatic heterocycles. The van der Waals surface area contributed by atoms with Crippen molar-refractivity contribution in [3.05, 3.63) is 122 Å². The van der Waals surface area contributed by atoms with Crippen LogP contribution in [0.1, 0.15) is 303 Å². The lowest BCUT2D eigenvalue weighted by Gasteiger charge is -2.18. The lowest BCUT2D eigenvalue weighted by molar-refractivity contribution is -0.167. The molecule has 0 rings (SSSR count). The summed E-state index contributed by atoms with van der Waals surface area (Å²) in [5.74, 6) is -0.899. The largest absolute Gasteiger partial charge is 0.462 e. The molecule has 0 aliphatic rings. The van der Waals surface area contributed by atoms with E-state index in [2.05, 4.69) is 142 Å². The summed E-state index contributed by atoms with van der Waals surface area (Å²) < 4.78 is 16.9. The second-order valence-electron chi connectivity index (χ2n) is 21.6. The summed E-state index contributed by atoms with van der Waals surface area (Å²) in [6, 6.07) is 0. The molecule has 0 aromatic rings. The molecule has 0 aromatic carbocycles. The van der Waals surface area contributed by atoms with E-state index < -0.39 is 6.10 Å². The summed E-state index contributed by atoms with van der Waals surface area (Å²) in [5, 5.41) is 0. The van der Waals surface area contributed by atoms with E-state index in [9.17, 15) is 14.4 Å². The molecular formula is C73H122O6. The quantitative estimate of drug-likeness (QED) is 0.0261. The first-order valence-electron chi connectivity index (χ1n) is 33.0. The predicted molar refractivity (Wildman–Crippen MR) is 343 cm³/mol. The third-order valence-corrected chi connectivity index (χ3v) is 13.9. The van der Waals surface area contributed by atoms with Crippen molar-refractivity contribution in [2.75, 3.05) is 13.2 Å². The fraction of sp³-hybridized carbons (Fsp3) is 0.685. The Labute approximate surface area is 488 Å². The SMILES string of the molecule is CC/C=C\C/C=C\C/C=C\C/C=C\C/C=C\CCCCCCCCCCCCCC(=O)OCC(COC(=O)CCCCCCC/C=C\CCCCCC)OC(=O)CCCCCCCCCC/C=C\C/C=C\C/C=C\C/C=C\CC. The number of esters is 3. The first kappa shape index (κ1) is 74.8. The van der Waals surface area contributed by atoms with Gasteiger partial charge < -0.3 is 14.2 Å². The van der Waals surface area contributed by atoms with Gasteiger partial charge in [-0.3, -0.25) is 14.4 Å². The van der Waals surface area contributed by atoms with E-state index in [1.807, 2.05) is 0 Å². The van der Waals surface area contributed by atoms with E-state index in [1.165, 1.54) is 135 Å². The van der Waals surface area contributed by atoms with Crippen molar-refractivity contribution >= 4 is 17.9 Å². The summed E-state index contributed by atoms with van der Waals surface area (Å²) in [6.07, 6.45) is 92.0. The first-order chi connectivity index (χ1) is 39.0. The molecule has 0 saturated heterocycles. The van der Waals surface area contributed by atoms with E-state index in [1.54, 1.807) is 0 Å². The molecule has 450 valence electrons. The van der Waals surface area contributed by atoms with Crippen LogP contribution in [-0.2, 0) is 28.6 Å². The van der Waals surface area contributed by atoms with Crippen LogP contribution in [0.3, 0.4) is 0 Å². The van der Waals surface area contributed by atoms with Crippen LogP contribution in [0, 0.1) is 0 Å². The number of rotatable bonds is 59. The zero-order chi connectivity index (χ0) is 57.1. The molecule has 0 radical (unpaired) electrons. The molecule has 0 amide bonds. The van der Waals surface area contributed by atoms with Gasteiger partial charge in [0.25, 0.3) is 0 Å². The minimum Gasteiger partial charge on any atom is -0.462 e. The van der Waals surface area contributed by atoms with Gasteiger partial charge >= 0.3 is 17.9 Å². The number of unbranched alkanes of at least 4 members (excludes halogenated alkanes) is 28. The van der Waals surface area contributed by atoms with Gasteiger partial charge in [0.05, 0.1) is 0 Å². The highest BCUT2D eigenvalue weighted by Crippen LogP contribution is 2.16. The highest BCUT2D eigenvalue weighted by molar-refractivity contribution is 5.71. The number of hydrogen-bond donors (Lipinski definition) is 0. The van der Waals surface area contributed by atoms with Gasteiger partial charge in [0, 0.05) is 19.3 Å². The van der Waals surface area contributed by atoms with Crippen LogP contribution < -0.4 is 0 Å². The zero-order valence-electron chi connectivity index (χ0n) is 51.6. The van der Waals surface area contributed by atoms with Gasteiger partial charge in [-0.05, 0) is 128 Å². The van der Waals surface area contributed by atoms with Gasteiger partial charge in [-0.2, -0.15) is 0 Å². The van der Waals surface area contributed by atoms with Gasteiger partial charge in [-0.1, -0.05) is 277 Å². The summed E-state index contributed by atoms with van der Waals surface area (Å²) in [7, 11) is 0. The molecule has 79 heavy (non-hydrogen) atoms. The van der Waals surface area contributed by atoms with Gasteiger partial charge in [-0.25, -0.2) is 0 Å². The maximum Gasteiger partial charge on any atom is 0.306 e. The molecule has 1 atom stereocenters. The topological polar surface area (TPSA) is 78.9 Å². The number of carbonyl (C=O) groups is 3. The maximum atomic E-state index is 12.9. The Kier molecular flexibility index (Phi) is 62.8. The van der Waals surface area contributed by atoms with Crippen molar-refractivity contribution in [1.82, 2.24) is 0 Å². The van der Waals surface area contributed by atoms with E-state index in [0.29, 0.717) is 19.3 Å².